The third-order valence-corrected chi connectivity index (χ3v) is 5.73. The summed E-state index contributed by atoms with van der Waals surface area (Å²) in [6, 6.07) is 8.94. The lowest BCUT2D eigenvalue weighted by Gasteiger charge is -2.15. The molecule has 0 saturated carbocycles. The van der Waals surface area contributed by atoms with Crippen molar-refractivity contribution in [1.29, 1.82) is 0 Å². The summed E-state index contributed by atoms with van der Waals surface area (Å²) in [5, 5.41) is 7.69. The van der Waals surface area contributed by atoms with Gasteiger partial charge in [0.2, 0.25) is 5.91 Å². The first-order chi connectivity index (χ1) is 12.9. The lowest BCUT2D eigenvalue weighted by molar-refractivity contribution is -0.120. The summed E-state index contributed by atoms with van der Waals surface area (Å²) in [6.07, 6.45) is 2.16. The highest BCUT2D eigenvalue weighted by Crippen LogP contribution is 2.21. The SMILES string of the molecule is Cc1ccc(-n2nc(S[C@H](C)C(=O)NC[C@@H]3CCCO3)ccc2=O)cc1C. The number of hydrogen-bond donors (Lipinski definition) is 1. The monoisotopic (exact) mass is 387 g/mol. The number of ether oxygens (including phenoxy) is 1. The van der Waals surface area contributed by atoms with E-state index < -0.39 is 0 Å². The van der Waals surface area contributed by atoms with E-state index in [1.54, 1.807) is 6.07 Å². The Morgan fingerprint density at radius 2 is 2.15 bits per heavy atom. The molecule has 7 heteroatoms. The van der Waals surface area contributed by atoms with Crippen molar-refractivity contribution in [3.05, 3.63) is 51.8 Å². The van der Waals surface area contributed by atoms with Crippen molar-refractivity contribution in [1.82, 2.24) is 15.1 Å². The Balaban J connectivity index is 1.68. The first kappa shape index (κ1) is 19.6. The van der Waals surface area contributed by atoms with Crippen molar-refractivity contribution in [2.75, 3.05) is 13.2 Å². The van der Waals surface area contributed by atoms with Crippen LogP contribution in [0.15, 0.2) is 40.2 Å². The quantitative estimate of drug-likeness (QED) is 0.772. The minimum atomic E-state index is -0.315. The van der Waals surface area contributed by atoms with E-state index in [9.17, 15) is 9.59 Å². The zero-order valence-electron chi connectivity index (χ0n) is 15.9. The highest BCUT2D eigenvalue weighted by Gasteiger charge is 2.20. The Kier molecular flexibility index (Phi) is 6.34. The molecular weight excluding hydrogens is 362 g/mol. The number of benzene rings is 1. The molecule has 1 aromatic carbocycles. The number of thioether (sulfide) groups is 1. The molecule has 0 spiro atoms. The second-order valence-corrected chi connectivity index (χ2v) is 8.19. The van der Waals surface area contributed by atoms with Crippen LogP contribution in [-0.2, 0) is 9.53 Å². The van der Waals surface area contributed by atoms with E-state index in [0.29, 0.717) is 11.6 Å². The zero-order chi connectivity index (χ0) is 19.4. The fraction of sp³-hybridized carbons (Fsp3) is 0.450. The summed E-state index contributed by atoms with van der Waals surface area (Å²) < 4.78 is 6.91. The van der Waals surface area contributed by atoms with Gasteiger partial charge in [0, 0.05) is 19.2 Å². The molecule has 1 aliphatic rings. The summed E-state index contributed by atoms with van der Waals surface area (Å²) in [5.74, 6) is -0.0544. The number of amides is 1. The molecule has 1 aliphatic heterocycles. The summed E-state index contributed by atoms with van der Waals surface area (Å²) in [6.45, 7) is 7.18. The van der Waals surface area contributed by atoms with Crippen molar-refractivity contribution >= 4 is 17.7 Å². The molecule has 1 aromatic heterocycles. The first-order valence-corrected chi connectivity index (χ1v) is 10.1. The van der Waals surface area contributed by atoms with Crippen molar-refractivity contribution in [3.8, 4) is 5.69 Å². The summed E-state index contributed by atoms with van der Waals surface area (Å²) >= 11 is 1.34. The number of rotatable bonds is 6. The molecule has 0 aliphatic carbocycles. The van der Waals surface area contributed by atoms with Gasteiger partial charge in [0.25, 0.3) is 5.56 Å². The highest BCUT2D eigenvalue weighted by atomic mass is 32.2. The Bertz CT molecular complexity index is 875. The Morgan fingerprint density at radius 1 is 1.33 bits per heavy atom. The molecule has 3 rings (SSSR count). The van der Waals surface area contributed by atoms with E-state index >= 15 is 0 Å². The fourth-order valence-corrected chi connectivity index (χ4v) is 3.73. The van der Waals surface area contributed by atoms with E-state index in [-0.39, 0.29) is 22.8 Å². The highest BCUT2D eigenvalue weighted by molar-refractivity contribution is 8.00. The lowest BCUT2D eigenvalue weighted by Crippen LogP contribution is -2.36. The lowest BCUT2D eigenvalue weighted by atomic mass is 10.1. The van der Waals surface area contributed by atoms with Gasteiger partial charge in [-0.15, -0.1) is 0 Å². The summed E-state index contributed by atoms with van der Waals surface area (Å²) in [5.41, 5.74) is 2.79. The van der Waals surface area contributed by atoms with Gasteiger partial charge in [-0.05, 0) is 62.9 Å². The van der Waals surface area contributed by atoms with E-state index in [2.05, 4.69) is 10.4 Å². The van der Waals surface area contributed by atoms with Crippen LogP contribution in [0.2, 0.25) is 0 Å². The molecular formula is C20H25N3O3S. The molecule has 0 bridgehead atoms. The zero-order valence-corrected chi connectivity index (χ0v) is 16.7. The summed E-state index contributed by atoms with van der Waals surface area (Å²) in [4.78, 5) is 24.6. The second kappa shape index (κ2) is 8.71. The number of carbonyl (C=O) groups excluding carboxylic acids is 1. The van der Waals surface area contributed by atoms with Gasteiger partial charge in [0.1, 0.15) is 5.03 Å². The van der Waals surface area contributed by atoms with Crippen LogP contribution in [0.4, 0.5) is 0 Å². The average Bonchev–Trinajstić information content (AvgIpc) is 3.17. The van der Waals surface area contributed by atoms with Crippen LogP contribution in [-0.4, -0.2) is 40.2 Å². The molecule has 6 nitrogen and oxygen atoms in total. The van der Waals surface area contributed by atoms with Gasteiger partial charge < -0.3 is 10.1 Å². The molecule has 1 fully saturated rings. The second-order valence-electron chi connectivity index (χ2n) is 6.83. The van der Waals surface area contributed by atoms with Gasteiger partial charge in [-0.1, -0.05) is 17.8 Å². The van der Waals surface area contributed by atoms with Crippen LogP contribution in [0.3, 0.4) is 0 Å². The summed E-state index contributed by atoms with van der Waals surface area (Å²) in [7, 11) is 0. The van der Waals surface area contributed by atoms with Crippen molar-refractivity contribution in [3.63, 3.8) is 0 Å². The standard InChI is InChI=1S/C20H25N3O3S/c1-13-6-7-16(11-14(13)2)23-19(24)9-8-18(22-23)27-15(3)20(25)21-12-17-5-4-10-26-17/h6-9,11,15,17H,4-5,10,12H2,1-3H3,(H,21,25)/t15-,17+/m1/s1. The van der Waals surface area contributed by atoms with Gasteiger partial charge in [-0.3, -0.25) is 9.59 Å². The predicted octanol–water partition coefficient (Wildman–Crippen LogP) is 2.63. The maximum atomic E-state index is 12.3. The minimum absolute atomic E-state index is 0.0544. The Hall–Kier alpha value is -2.12. The van der Waals surface area contributed by atoms with Crippen LogP contribution in [0.5, 0.6) is 0 Å². The molecule has 1 N–H and O–H groups in total. The molecule has 0 radical (unpaired) electrons. The van der Waals surface area contributed by atoms with Crippen molar-refractivity contribution < 1.29 is 9.53 Å². The molecule has 2 aromatic rings. The molecule has 2 heterocycles. The molecule has 0 unspecified atom stereocenters. The topological polar surface area (TPSA) is 73.2 Å². The number of aromatic nitrogens is 2. The normalized spacial score (nSPS) is 17.7. The maximum absolute atomic E-state index is 12.3. The number of nitrogens with zero attached hydrogens (tertiary/aromatic N) is 2. The van der Waals surface area contributed by atoms with Crippen molar-refractivity contribution in [2.24, 2.45) is 0 Å². The van der Waals surface area contributed by atoms with E-state index in [1.165, 1.54) is 22.5 Å². The number of nitrogens with one attached hydrogen (secondary N) is 1. The minimum Gasteiger partial charge on any atom is -0.376 e. The van der Waals surface area contributed by atoms with Crippen LogP contribution in [0, 0.1) is 13.8 Å². The maximum Gasteiger partial charge on any atom is 0.271 e. The first-order valence-electron chi connectivity index (χ1n) is 9.18. The average molecular weight is 388 g/mol. The third kappa shape index (κ3) is 4.99. The van der Waals surface area contributed by atoms with Crippen LogP contribution >= 0.6 is 11.8 Å². The number of aryl methyl sites for hydroxylation is 2. The molecule has 27 heavy (non-hydrogen) atoms. The van der Waals surface area contributed by atoms with Gasteiger partial charge >= 0.3 is 0 Å². The van der Waals surface area contributed by atoms with Crippen LogP contribution in [0.25, 0.3) is 5.69 Å². The molecule has 2 atom stereocenters. The third-order valence-electron chi connectivity index (χ3n) is 4.71. The van der Waals surface area contributed by atoms with Crippen LogP contribution in [0.1, 0.15) is 30.9 Å². The number of carbonyl (C=O) groups is 1. The smallest absolute Gasteiger partial charge is 0.271 e. The molecule has 144 valence electrons. The number of hydrogen-bond acceptors (Lipinski definition) is 5. The van der Waals surface area contributed by atoms with E-state index in [4.69, 9.17) is 4.74 Å². The Labute approximate surface area is 163 Å². The molecule has 1 saturated heterocycles. The Morgan fingerprint density at radius 3 is 2.85 bits per heavy atom. The van der Waals surface area contributed by atoms with E-state index in [1.807, 2.05) is 39.0 Å². The van der Waals surface area contributed by atoms with Gasteiger partial charge in [-0.2, -0.15) is 9.78 Å². The fourth-order valence-electron chi connectivity index (χ4n) is 2.90. The predicted molar refractivity (Wildman–Crippen MR) is 107 cm³/mol. The van der Waals surface area contributed by atoms with E-state index in [0.717, 1.165) is 36.3 Å². The van der Waals surface area contributed by atoms with Gasteiger partial charge in [0.15, 0.2) is 0 Å². The molecule has 1 amide bonds. The van der Waals surface area contributed by atoms with Gasteiger partial charge in [0.05, 0.1) is 17.0 Å². The van der Waals surface area contributed by atoms with Crippen molar-refractivity contribution in [2.45, 2.75) is 50.0 Å². The largest absolute Gasteiger partial charge is 0.376 e. The van der Waals surface area contributed by atoms with Crippen LogP contribution < -0.4 is 10.9 Å². The van der Waals surface area contributed by atoms with Gasteiger partial charge in [-0.25, -0.2) is 0 Å².